The molecule has 0 saturated heterocycles. The largest absolute Gasteiger partial charge is 1.00 e. The van der Waals surface area contributed by atoms with Crippen LogP contribution in [0.2, 0.25) is 0 Å². The zero-order valence-electron chi connectivity index (χ0n) is 38.6. The van der Waals surface area contributed by atoms with E-state index in [1.54, 1.807) is 6.92 Å². The summed E-state index contributed by atoms with van der Waals surface area (Å²) < 4.78 is 6.28. The van der Waals surface area contributed by atoms with E-state index in [2.05, 4.69) is 54.6 Å². The number of esters is 1. The van der Waals surface area contributed by atoms with Gasteiger partial charge in [0.25, 0.3) is 0 Å². The Bertz CT molecular complexity index is 949. The molecule has 0 saturated carbocycles. The number of quaternary nitrogens is 1. The maximum absolute atomic E-state index is 11.1. The van der Waals surface area contributed by atoms with E-state index < -0.39 is 0 Å². The van der Waals surface area contributed by atoms with Crippen LogP contribution in [0.3, 0.4) is 0 Å². The van der Waals surface area contributed by atoms with E-state index >= 15 is 0 Å². The summed E-state index contributed by atoms with van der Waals surface area (Å²) in [6.45, 7) is 22.8. The van der Waals surface area contributed by atoms with Crippen LogP contribution in [0.25, 0.3) is 12.2 Å². The molecule has 56 heavy (non-hydrogen) atoms. The molecule has 4 heteroatoms. The lowest BCUT2D eigenvalue weighted by Crippen LogP contribution is -3.00. The molecule has 0 unspecified atom stereocenters. The number of benzene rings is 1. The Kier molecular flexibility index (Phi) is 47.9. The topological polar surface area (TPSA) is 26.3 Å². The molecule has 0 atom stereocenters. The molecule has 328 valence electrons. The van der Waals surface area contributed by atoms with Gasteiger partial charge in [-0.25, -0.2) is 4.79 Å². The van der Waals surface area contributed by atoms with Crippen molar-refractivity contribution in [3.05, 3.63) is 60.7 Å². The molecule has 0 N–H and O–H groups in total. The highest BCUT2D eigenvalue weighted by Gasteiger charge is 2.13. The van der Waals surface area contributed by atoms with Crippen molar-refractivity contribution in [1.82, 2.24) is 0 Å². The number of hydrogen-bond donors (Lipinski definition) is 0. The monoisotopic (exact) mass is 802 g/mol. The molecule has 1 aromatic carbocycles. The highest BCUT2D eigenvalue weighted by molar-refractivity contribution is 5.86. The van der Waals surface area contributed by atoms with Gasteiger partial charge in [0.05, 0.1) is 33.8 Å². The molecule has 0 bridgehead atoms. The van der Waals surface area contributed by atoms with Crippen LogP contribution in [0.15, 0.2) is 49.6 Å². The van der Waals surface area contributed by atoms with Crippen molar-refractivity contribution in [1.29, 1.82) is 0 Å². The summed E-state index contributed by atoms with van der Waals surface area (Å²) in [6, 6.07) is 8.02. The fourth-order valence-electron chi connectivity index (χ4n) is 6.93. The summed E-state index contributed by atoms with van der Waals surface area (Å²) >= 11 is 0. The normalized spacial score (nSPS) is 10.7. The van der Waals surface area contributed by atoms with Gasteiger partial charge in [0.15, 0.2) is 0 Å². The second kappa shape index (κ2) is 45.9. The SMILES string of the molecule is C=C(C)C(=O)OCCCCCCCCCCCC.C=Cc1ccccc1C=C.CCCCCCCCCCCC[N+](C)(C)CCCCCCCCCCCC.[Cl-]. The van der Waals surface area contributed by atoms with Gasteiger partial charge < -0.3 is 21.6 Å². The lowest BCUT2D eigenvalue weighted by molar-refractivity contribution is -0.890. The fraction of sp³-hybridized carbons (Fsp3) is 0.750. The summed E-state index contributed by atoms with van der Waals surface area (Å²) in [7, 11) is 4.89. The third kappa shape index (κ3) is 43.3. The maximum Gasteiger partial charge on any atom is 0.333 e. The minimum atomic E-state index is -0.258. The van der Waals surface area contributed by atoms with Crippen molar-refractivity contribution in [3.8, 4) is 0 Å². The summed E-state index contributed by atoms with van der Waals surface area (Å²) in [5.41, 5.74) is 2.76. The van der Waals surface area contributed by atoms with Gasteiger partial charge in [0.2, 0.25) is 0 Å². The van der Waals surface area contributed by atoms with E-state index in [1.165, 1.54) is 204 Å². The van der Waals surface area contributed by atoms with Crippen LogP contribution in [-0.4, -0.2) is 44.2 Å². The van der Waals surface area contributed by atoms with Crippen LogP contribution in [0.5, 0.6) is 0 Å². The van der Waals surface area contributed by atoms with Crippen molar-refractivity contribution in [2.24, 2.45) is 0 Å². The zero-order valence-corrected chi connectivity index (χ0v) is 39.3. The number of nitrogens with zero attached hydrogens (tertiary/aromatic N) is 1. The van der Waals surface area contributed by atoms with Crippen molar-refractivity contribution in [3.63, 3.8) is 0 Å². The number of unbranched alkanes of at least 4 members (excludes halogenated alkanes) is 27. The third-order valence-corrected chi connectivity index (χ3v) is 10.7. The van der Waals surface area contributed by atoms with Gasteiger partial charge in [-0.1, -0.05) is 237 Å². The highest BCUT2D eigenvalue weighted by Crippen LogP contribution is 2.15. The lowest BCUT2D eigenvalue weighted by Gasteiger charge is -2.30. The van der Waals surface area contributed by atoms with Crippen LogP contribution < -0.4 is 12.4 Å². The van der Waals surface area contributed by atoms with Gasteiger partial charge in [-0.15, -0.1) is 0 Å². The number of carbonyl (C=O) groups is 1. The van der Waals surface area contributed by atoms with Gasteiger partial charge >= 0.3 is 5.97 Å². The number of rotatable bonds is 36. The van der Waals surface area contributed by atoms with Crippen molar-refractivity contribution < 1.29 is 26.4 Å². The van der Waals surface area contributed by atoms with E-state index in [0.29, 0.717) is 12.2 Å². The summed E-state index contributed by atoms with van der Waals surface area (Å²) in [4.78, 5) is 11.1. The lowest BCUT2D eigenvalue weighted by atomic mass is 10.1. The van der Waals surface area contributed by atoms with Gasteiger partial charge in [-0.05, 0) is 50.2 Å². The Morgan fingerprint density at radius 1 is 0.518 bits per heavy atom. The molecule has 0 heterocycles. The Labute approximate surface area is 358 Å². The Balaban J connectivity index is -0.000000827. The summed E-state index contributed by atoms with van der Waals surface area (Å²) in [6.07, 6.45) is 45.6. The Hall–Kier alpha value is -1.84. The standard InChI is InChI=1S/C26H56N.C16H30O2.C10H10.ClH/c1-5-7-9-11-13-15-17-19-21-23-25-27(3,4)26-24-22-20-18-16-14-12-10-8-6-2;1-4-5-6-7-8-9-10-11-12-13-14-18-16(17)15(2)3;1-3-9-7-5-6-8-10(9)4-2;/h5-26H2,1-4H3;2,4-14H2,1,3H3;3-8H,1-2H2;1H/q+1;;;/p-1. The maximum atomic E-state index is 11.1. The average Bonchev–Trinajstić information content (AvgIpc) is 3.18. The van der Waals surface area contributed by atoms with Gasteiger partial charge in [-0.3, -0.25) is 0 Å². The molecule has 0 amide bonds. The van der Waals surface area contributed by atoms with Crippen LogP contribution in [-0.2, 0) is 9.53 Å². The summed E-state index contributed by atoms with van der Waals surface area (Å²) in [5, 5.41) is 0. The van der Waals surface area contributed by atoms with E-state index in [0.717, 1.165) is 17.5 Å². The number of carbonyl (C=O) groups excluding carboxylic acids is 1. The first kappa shape index (κ1) is 58.5. The van der Waals surface area contributed by atoms with Crippen LogP contribution in [0.1, 0.15) is 231 Å². The van der Waals surface area contributed by atoms with Gasteiger partial charge in [0.1, 0.15) is 0 Å². The summed E-state index contributed by atoms with van der Waals surface area (Å²) in [5.74, 6) is -0.258. The quantitative estimate of drug-likeness (QED) is 0.0292. The first-order chi connectivity index (χ1) is 26.7. The second-order valence-corrected chi connectivity index (χ2v) is 16.9. The minimum absolute atomic E-state index is 0. The van der Waals surface area contributed by atoms with Crippen molar-refractivity contribution in [2.75, 3.05) is 33.8 Å². The molecule has 3 nitrogen and oxygen atoms in total. The zero-order chi connectivity index (χ0) is 41.1. The van der Waals surface area contributed by atoms with Gasteiger partial charge in [-0.2, -0.15) is 0 Å². The minimum Gasteiger partial charge on any atom is -1.00 e. The molecule has 0 aliphatic heterocycles. The molecule has 0 aliphatic rings. The van der Waals surface area contributed by atoms with Crippen molar-refractivity contribution in [2.45, 2.75) is 220 Å². The number of ether oxygens (including phenoxy) is 1. The van der Waals surface area contributed by atoms with Crippen LogP contribution in [0.4, 0.5) is 0 Å². The number of halogens is 1. The molecule has 1 aromatic rings. The molecule has 0 aromatic heterocycles. The molecule has 0 spiro atoms. The Morgan fingerprint density at radius 3 is 1.05 bits per heavy atom. The van der Waals surface area contributed by atoms with E-state index in [-0.39, 0.29) is 18.4 Å². The molecule has 0 radical (unpaired) electrons. The average molecular weight is 803 g/mol. The molecule has 0 aliphatic carbocycles. The first-order valence-electron chi connectivity index (χ1n) is 23.7. The molecule has 0 fully saturated rings. The van der Waals surface area contributed by atoms with Crippen LogP contribution >= 0.6 is 0 Å². The van der Waals surface area contributed by atoms with E-state index in [4.69, 9.17) is 4.74 Å². The van der Waals surface area contributed by atoms with Gasteiger partial charge in [0, 0.05) is 5.57 Å². The van der Waals surface area contributed by atoms with Crippen LogP contribution in [0, 0.1) is 0 Å². The fourth-order valence-corrected chi connectivity index (χ4v) is 6.93. The smallest absolute Gasteiger partial charge is 0.333 e. The third-order valence-electron chi connectivity index (χ3n) is 10.7. The molecular formula is C52H96ClNO2. The Morgan fingerprint density at radius 2 is 0.786 bits per heavy atom. The predicted octanol–water partition coefficient (Wildman–Crippen LogP) is 13.9. The number of hydrogen-bond acceptors (Lipinski definition) is 2. The molecule has 1 rings (SSSR count). The van der Waals surface area contributed by atoms with Crippen molar-refractivity contribution >= 4 is 18.1 Å². The predicted molar refractivity (Wildman–Crippen MR) is 250 cm³/mol. The van der Waals surface area contributed by atoms with E-state index in [1.807, 2.05) is 36.4 Å². The first-order valence-corrected chi connectivity index (χ1v) is 23.7. The molecular weight excluding hydrogens is 706 g/mol. The second-order valence-electron chi connectivity index (χ2n) is 16.9. The van der Waals surface area contributed by atoms with E-state index in [9.17, 15) is 4.79 Å². The highest BCUT2D eigenvalue weighted by atomic mass is 35.5.